The van der Waals surface area contributed by atoms with E-state index in [1.807, 2.05) is 13.0 Å². The molecule has 0 spiro atoms. The van der Waals surface area contributed by atoms with Gasteiger partial charge in [-0.25, -0.2) is 14.6 Å². The summed E-state index contributed by atoms with van der Waals surface area (Å²) in [7, 11) is 0. The quantitative estimate of drug-likeness (QED) is 0.373. The minimum Gasteiger partial charge on any atom is -0.364 e. The summed E-state index contributed by atoms with van der Waals surface area (Å²) in [5.74, 6) is 10.9. The molecule has 3 amide bonds. The van der Waals surface area contributed by atoms with E-state index >= 15 is 0 Å². The van der Waals surface area contributed by atoms with Crippen LogP contribution in [0.5, 0.6) is 0 Å². The lowest BCUT2D eigenvalue weighted by Crippen LogP contribution is -2.40. The van der Waals surface area contributed by atoms with Crippen LogP contribution in [0.1, 0.15) is 64.5 Å². The number of nitrogen functional groups attached to an aromatic ring is 1. The van der Waals surface area contributed by atoms with Crippen molar-refractivity contribution in [1.29, 1.82) is 0 Å². The van der Waals surface area contributed by atoms with Crippen LogP contribution in [-0.2, 0) is 4.79 Å². The Morgan fingerprint density at radius 1 is 1.11 bits per heavy atom. The van der Waals surface area contributed by atoms with Crippen LogP contribution in [0.4, 0.5) is 5.82 Å². The van der Waals surface area contributed by atoms with E-state index in [0.717, 1.165) is 23.1 Å². The molecule has 0 radical (unpaired) electrons. The van der Waals surface area contributed by atoms with Gasteiger partial charge >= 0.3 is 0 Å². The van der Waals surface area contributed by atoms with E-state index in [2.05, 4.69) is 27.1 Å². The number of carbonyl (C=O) groups is 3. The number of amides is 3. The summed E-state index contributed by atoms with van der Waals surface area (Å²) in [6.45, 7) is 4.03. The number of nitrogens with one attached hydrogen (secondary N) is 1. The minimum absolute atomic E-state index is 0.0191. The lowest BCUT2D eigenvalue weighted by molar-refractivity contribution is -0.129. The number of nitrogens with zero attached hydrogens (tertiary/aromatic N) is 4. The molecule has 1 atom stereocenters. The molecule has 10 heteroatoms. The zero-order valence-corrected chi connectivity index (χ0v) is 20.1. The van der Waals surface area contributed by atoms with E-state index < -0.39 is 11.9 Å². The van der Waals surface area contributed by atoms with Gasteiger partial charge in [-0.15, -0.1) is 0 Å². The number of aromatic nitrogens is 3. The maximum atomic E-state index is 12.6. The SMILES string of the molecule is CC#CC(=O)N1CCCCC1c1nc(-c2ccc(C(=O)Nc3ccc(C)cn3)cc2)c(C(N)=O)n1N. The third-order valence-corrected chi connectivity index (χ3v) is 6.04. The number of carbonyl (C=O) groups excluding carboxylic acids is 3. The number of hydrogen-bond acceptors (Lipinski definition) is 6. The molecular weight excluding hydrogens is 458 g/mol. The zero-order chi connectivity index (χ0) is 25.8. The van der Waals surface area contributed by atoms with Crippen LogP contribution in [0.25, 0.3) is 11.3 Å². The Hall–Kier alpha value is -4.65. The summed E-state index contributed by atoms with van der Waals surface area (Å²) >= 11 is 0. The zero-order valence-electron chi connectivity index (χ0n) is 20.1. The van der Waals surface area contributed by atoms with Crippen LogP contribution in [-0.4, -0.2) is 43.8 Å². The van der Waals surface area contributed by atoms with Gasteiger partial charge in [0.15, 0.2) is 11.5 Å². The number of benzene rings is 1. The number of nitrogens with two attached hydrogens (primary N) is 2. The van der Waals surface area contributed by atoms with Crippen molar-refractivity contribution < 1.29 is 14.4 Å². The van der Waals surface area contributed by atoms with Crippen LogP contribution < -0.4 is 16.9 Å². The fraction of sp³-hybridized carbons (Fsp3) is 0.269. The molecule has 5 N–H and O–H groups in total. The molecule has 1 saturated heterocycles. The van der Waals surface area contributed by atoms with Crippen LogP contribution in [0.3, 0.4) is 0 Å². The Balaban J connectivity index is 1.65. The van der Waals surface area contributed by atoms with Gasteiger partial charge in [0.1, 0.15) is 11.5 Å². The molecule has 3 heterocycles. The first-order chi connectivity index (χ1) is 17.3. The molecule has 36 heavy (non-hydrogen) atoms. The van der Waals surface area contributed by atoms with Crippen molar-refractivity contribution in [2.75, 3.05) is 17.7 Å². The van der Waals surface area contributed by atoms with Crippen molar-refractivity contribution >= 4 is 23.5 Å². The normalized spacial score (nSPS) is 15.1. The highest BCUT2D eigenvalue weighted by Crippen LogP contribution is 2.33. The molecule has 0 aliphatic carbocycles. The standard InChI is InChI=1S/C26H27N7O3/c1-3-6-21(34)32-14-5-4-7-19(32)25-31-22(23(24(27)35)33(25)28)17-9-11-18(12-10-17)26(36)30-20-13-8-16(2)15-29-20/h8-13,15,19H,4-5,7,14,28H2,1-2H3,(H2,27,35)(H,29,30,36). The van der Waals surface area contributed by atoms with Crippen molar-refractivity contribution in [2.24, 2.45) is 5.73 Å². The first kappa shape index (κ1) is 24.5. The van der Waals surface area contributed by atoms with Gasteiger partial charge in [0.2, 0.25) is 0 Å². The maximum Gasteiger partial charge on any atom is 0.299 e. The molecule has 1 aromatic carbocycles. The second kappa shape index (κ2) is 10.3. The fourth-order valence-corrected chi connectivity index (χ4v) is 4.25. The second-order valence-corrected chi connectivity index (χ2v) is 8.54. The van der Waals surface area contributed by atoms with E-state index in [1.165, 1.54) is 0 Å². The Bertz CT molecular complexity index is 1370. The Morgan fingerprint density at radius 3 is 2.50 bits per heavy atom. The number of primary amides is 1. The van der Waals surface area contributed by atoms with Gasteiger partial charge in [-0.2, -0.15) is 0 Å². The molecule has 10 nitrogen and oxygen atoms in total. The highest BCUT2D eigenvalue weighted by Gasteiger charge is 2.33. The van der Waals surface area contributed by atoms with Gasteiger partial charge in [0.25, 0.3) is 17.7 Å². The van der Waals surface area contributed by atoms with E-state index in [4.69, 9.17) is 11.6 Å². The number of imidazole rings is 1. The molecule has 0 saturated carbocycles. The first-order valence-electron chi connectivity index (χ1n) is 11.6. The summed E-state index contributed by atoms with van der Waals surface area (Å²) in [5, 5.41) is 2.74. The van der Waals surface area contributed by atoms with Gasteiger partial charge < -0.3 is 21.8 Å². The Labute approximate surface area is 208 Å². The Morgan fingerprint density at radius 2 is 1.86 bits per heavy atom. The Kier molecular flexibility index (Phi) is 7.01. The van der Waals surface area contributed by atoms with Crippen molar-refractivity contribution in [1.82, 2.24) is 19.5 Å². The largest absolute Gasteiger partial charge is 0.364 e. The number of rotatable bonds is 5. The van der Waals surface area contributed by atoms with Gasteiger partial charge in [-0.05, 0) is 62.8 Å². The van der Waals surface area contributed by atoms with Gasteiger partial charge in [-0.1, -0.05) is 24.1 Å². The lowest BCUT2D eigenvalue weighted by Gasteiger charge is -2.33. The van der Waals surface area contributed by atoms with Gasteiger partial charge in [0, 0.05) is 23.9 Å². The predicted octanol–water partition coefficient (Wildman–Crippen LogP) is 2.40. The van der Waals surface area contributed by atoms with E-state index in [9.17, 15) is 14.4 Å². The summed E-state index contributed by atoms with van der Waals surface area (Å²) in [4.78, 5) is 48.0. The van der Waals surface area contributed by atoms with E-state index in [1.54, 1.807) is 48.4 Å². The number of likely N-dealkylation sites (tertiary alicyclic amines) is 1. The van der Waals surface area contributed by atoms with Crippen LogP contribution in [0.2, 0.25) is 0 Å². The van der Waals surface area contributed by atoms with Crippen molar-refractivity contribution in [3.63, 3.8) is 0 Å². The highest BCUT2D eigenvalue weighted by atomic mass is 16.2. The molecule has 184 valence electrons. The minimum atomic E-state index is -0.749. The molecule has 4 rings (SSSR count). The summed E-state index contributed by atoms with van der Waals surface area (Å²) in [6, 6.07) is 9.72. The number of piperidine rings is 1. The monoisotopic (exact) mass is 485 g/mol. The number of hydrogen-bond donors (Lipinski definition) is 3. The van der Waals surface area contributed by atoms with Crippen molar-refractivity contribution in [3.8, 4) is 23.1 Å². The summed E-state index contributed by atoms with van der Waals surface area (Å²) < 4.78 is 1.16. The molecule has 3 aromatic rings. The highest BCUT2D eigenvalue weighted by molar-refractivity contribution is 6.04. The van der Waals surface area contributed by atoms with E-state index in [0.29, 0.717) is 35.7 Å². The number of anilines is 1. The first-order valence-corrected chi connectivity index (χ1v) is 11.6. The average Bonchev–Trinajstić information content (AvgIpc) is 3.22. The molecule has 1 unspecified atom stereocenters. The third-order valence-electron chi connectivity index (χ3n) is 6.04. The topological polar surface area (TPSA) is 149 Å². The van der Waals surface area contributed by atoms with Crippen LogP contribution in [0.15, 0.2) is 42.6 Å². The summed E-state index contributed by atoms with van der Waals surface area (Å²) in [6.07, 6.45) is 4.02. The number of aryl methyl sites for hydroxylation is 1. The average molecular weight is 486 g/mol. The maximum absolute atomic E-state index is 12.6. The van der Waals surface area contributed by atoms with Crippen molar-refractivity contribution in [3.05, 3.63) is 65.2 Å². The van der Waals surface area contributed by atoms with Gasteiger partial charge in [-0.3, -0.25) is 14.4 Å². The molecule has 1 aliphatic heterocycles. The second-order valence-electron chi connectivity index (χ2n) is 8.54. The lowest BCUT2D eigenvalue weighted by atomic mass is 10.0. The van der Waals surface area contributed by atoms with Crippen LogP contribution >= 0.6 is 0 Å². The van der Waals surface area contributed by atoms with E-state index in [-0.39, 0.29) is 23.2 Å². The fourth-order valence-electron chi connectivity index (χ4n) is 4.25. The molecule has 1 aliphatic rings. The smallest absolute Gasteiger partial charge is 0.299 e. The molecular formula is C26H27N7O3. The van der Waals surface area contributed by atoms with Gasteiger partial charge in [0.05, 0.1) is 6.04 Å². The van der Waals surface area contributed by atoms with Crippen molar-refractivity contribution in [2.45, 2.75) is 39.2 Å². The molecule has 0 bridgehead atoms. The third kappa shape index (κ3) is 4.90. The molecule has 1 fully saturated rings. The van der Waals surface area contributed by atoms with Crippen LogP contribution in [0, 0.1) is 18.8 Å². The molecule has 2 aromatic heterocycles. The summed E-state index contributed by atoms with van der Waals surface area (Å²) in [5.41, 5.74) is 7.90. The number of pyridine rings is 1. The predicted molar refractivity (Wildman–Crippen MR) is 135 cm³/mol.